The van der Waals surface area contributed by atoms with Crippen LogP contribution in [0.4, 0.5) is 0 Å². The fourth-order valence-corrected chi connectivity index (χ4v) is 0.829. The maximum atomic E-state index is 10.6. The highest BCUT2D eigenvalue weighted by atomic mass is 127. The Morgan fingerprint density at radius 3 is 2.40 bits per heavy atom. The molecule has 0 aromatic rings. The summed E-state index contributed by atoms with van der Waals surface area (Å²) < 4.78 is 0.160. The van der Waals surface area contributed by atoms with Crippen LogP contribution in [-0.4, -0.2) is 24.0 Å². The van der Waals surface area contributed by atoms with Crippen LogP contribution in [0.2, 0.25) is 0 Å². The minimum atomic E-state index is -1.12. The Kier molecular flexibility index (Phi) is 4.01. The van der Waals surface area contributed by atoms with Gasteiger partial charge in [-0.2, -0.15) is 0 Å². The summed E-state index contributed by atoms with van der Waals surface area (Å²) in [6.07, 6.45) is 0.847. The zero-order valence-corrected chi connectivity index (χ0v) is 7.38. The average molecular weight is 255 g/mol. The van der Waals surface area contributed by atoms with Crippen molar-refractivity contribution in [3.8, 4) is 0 Å². The summed E-state index contributed by atoms with van der Waals surface area (Å²) in [4.78, 5) is 20.6. The van der Waals surface area contributed by atoms with Gasteiger partial charge in [0.25, 0.3) is 5.91 Å². The number of hydrogen-bond donors (Lipinski definition) is 2. The molecule has 4 nitrogen and oxygen atoms in total. The lowest BCUT2D eigenvalue weighted by Gasteiger charge is -1.93. The summed E-state index contributed by atoms with van der Waals surface area (Å²) in [5, 5.41) is 10.5. The zero-order chi connectivity index (χ0) is 8.15. The first-order chi connectivity index (χ1) is 4.57. The van der Waals surface area contributed by atoms with Crippen molar-refractivity contribution in [2.75, 3.05) is 7.05 Å². The molecule has 0 radical (unpaired) electrons. The van der Waals surface area contributed by atoms with Gasteiger partial charge in [-0.05, 0) is 22.6 Å². The van der Waals surface area contributed by atoms with Gasteiger partial charge in [0, 0.05) is 13.1 Å². The molecular weight excluding hydrogens is 249 g/mol. The van der Waals surface area contributed by atoms with Gasteiger partial charge >= 0.3 is 5.97 Å². The van der Waals surface area contributed by atoms with Crippen molar-refractivity contribution in [2.24, 2.45) is 0 Å². The Balaban J connectivity index is 4.19. The fourth-order valence-electron chi connectivity index (χ4n) is 0.293. The number of nitrogens with one attached hydrogen (secondary N) is 1. The Hall–Kier alpha value is -0.590. The third kappa shape index (κ3) is 3.44. The van der Waals surface area contributed by atoms with Gasteiger partial charge in [-0.15, -0.1) is 0 Å². The first-order valence-electron chi connectivity index (χ1n) is 2.40. The second-order valence-electron chi connectivity index (χ2n) is 1.41. The van der Waals surface area contributed by atoms with Gasteiger partial charge in [0.15, 0.2) is 0 Å². The molecule has 2 N–H and O–H groups in total. The maximum Gasteiger partial charge on any atom is 0.329 e. The first kappa shape index (κ1) is 9.41. The summed E-state index contributed by atoms with van der Waals surface area (Å²) in [5.41, 5.74) is 0. The summed E-state index contributed by atoms with van der Waals surface area (Å²) in [6, 6.07) is 0. The molecule has 0 aliphatic heterocycles. The van der Waals surface area contributed by atoms with Gasteiger partial charge in [0.2, 0.25) is 0 Å². The number of carbonyl (C=O) groups is 2. The molecule has 5 heteroatoms. The van der Waals surface area contributed by atoms with E-state index in [2.05, 4.69) is 5.32 Å². The third-order valence-electron chi connectivity index (χ3n) is 0.694. The molecule has 10 heavy (non-hydrogen) atoms. The van der Waals surface area contributed by atoms with Crippen molar-refractivity contribution in [3.05, 3.63) is 9.66 Å². The molecule has 0 aromatic heterocycles. The van der Waals surface area contributed by atoms with Crippen LogP contribution in [0.3, 0.4) is 0 Å². The van der Waals surface area contributed by atoms with Crippen LogP contribution in [0.1, 0.15) is 0 Å². The molecule has 0 aliphatic rings. The van der Waals surface area contributed by atoms with E-state index in [9.17, 15) is 9.59 Å². The van der Waals surface area contributed by atoms with Crippen LogP contribution in [0, 0.1) is 0 Å². The highest BCUT2D eigenvalue weighted by Gasteiger charge is 2.03. The number of carbonyl (C=O) groups excluding carboxylic acids is 1. The Morgan fingerprint density at radius 1 is 1.60 bits per heavy atom. The fraction of sp³-hybridized carbons (Fsp3) is 0.200. The molecule has 0 saturated heterocycles. The Labute approximate surface area is 71.4 Å². The van der Waals surface area contributed by atoms with E-state index in [1.54, 1.807) is 22.6 Å². The summed E-state index contributed by atoms with van der Waals surface area (Å²) >= 11 is 1.65. The van der Waals surface area contributed by atoms with E-state index in [0.29, 0.717) is 0 Å². The van der Waals surface area contributed by atoms with Crippen LogP contribution in [-0.2, 0) is 9.59 Å². The number of rotatable bonds is 2. The molecule has 1 amide bonds. The number of amides is 1. The minimum Gasteiger partial charge on any atom is -0.478 e. The van der Waals surface area contributed by atoms with Crippen molar-refractivity contribution in [2.45, 2.75) is 0 Å². The van der Waals surface area contributed by atoms with Gasteiger partial charge in [-0.1, -0.05) is 0 Å². The summed E-state index contributed by atoms with van der Waals surface area (Å²) in [7, 11) is 1.44. The van der Waals surface area contributed by atoms with E-state index in [-0.39, 0.29) is 9.49 Å². The topological polar surface area (TPSA) is 66.4 Å². The molecule has 0 heterocycles. The molecule has 0 bridgehead atoms. The largest absolute Gasteiger partial charge is 0.478 e. The number of aliphatic carboxylic acids is 1. The van der Waals surface area contributed by atoms with Gasteiger partial charge in [0.1, 0.15) is 0 Å². The first-order valence-corrected chi connectivity index (χ1v) is 3.48. The predicted molar refractivity (Wildman–Crippen MR) is 43.8 cm³/mol. The highest BCUT2D eigenvalue weighted by molar-refractivity contribution is 14.1. The molecule has 0 unspecified atom stereocenters. The van der Waals surface area contributed by atoms with E-state index in [4.69, 9.17) is 5.11 Å². The van der Waals surface area contributed by atoms with Gasteiger partial charge in [0.05, 0.1) is 3.58 Å². The third-order valence-corrected chi connectivity index (χ3v) is 1.50. The van der Waals surface area contributed by atoms with E-state index < -0.39 is 5.97 Å². The van der Waals surface area contributed by atoms with Crippen molar-refractivity contribution in [3.63, 3.8) is 0 Å². The lowest BCUT2D eigenvalue weighted by atomic mass is 10.5. The van der Waals surface area contributed by atoms with Crippen LogP contribution in [0.25, 0.3) is 0 Å². The molecule has 0 aromatic carbocycles. The smallest absolute Gasteiger partial charge is 0.329 e. The second-order valence-corrected chi connectivity index (χ2v) is 2.57. The van der Waals surface area contributed by atoms with Gasteiger partial charge in [-0.3, -0.25) is 4.79 Å². The number of carboxylic acids is 1. The Morgan fingerprint density at radius 2 is 2.10 bits per heavy atom. The average Bonchev–Trinajstić information content (AvgIpc) is 1.85. The van der Waals surface area contributed by atoms with Crippen LogP contribution >= 0.6 is 22.6 Å². The molecular formula is C5H6INO3. The highest BCUT2D eigenvalue weighted by Crippen LogP contribution is 2.03. The molecule has 0 aliphatic carbocycles. The molecule has 0 saturated carbocycles. The predicted octanol–water partition coefficient (Wildman–Crippen LogP) is 0.136. The van der Waals surface area contributed by atoms with Crippen molar-refractivity contribution < 1.29 is 14.7 Å². The number of halogens is 1. The van der Waals surface area contributed by atoms with Gasteiger partial charge in [-0.25, -0.2) is 4.79 Å². The van der Waals surface area contributed by atoms with Crippen LogP contribution in [0.5, 0.6) is 0 Å². The Bertz CT molecular complexity index is 187. The van der Waals surface area contributed by atoms with E-state index in [1.807, 2.05) is 0 Å². The van der Waals surface area contributed by atoms with E-state index >= 15 is 0 Å². The lowest BCUT2D eigenvalue weighted by molar-refractivity contribution is -0.131. The van der Waals surface area contributed by atoms with Crippen molar-refractivity contribution in [1.29, 1.82) is 0 Å². The molecule has 0 fully saturated rings. The second kappa shape index (κ2) is 4.26. The van der Waals surface area contributed by atoms with Crippen LogP contribution < -0.4 is 5.32 Å². The van der Waals surface area contributed by atoms with E-state index in [1.165, 1.54) is 7.05 Å². The molecule has 56 valence electrons. The van der Waals surface area contributed by atoms with Crippen LogP contribution in [0.15, 0.2) is 9.66 Å². The summed E-state index contributed by atoms with van der Waals surface area (Å²) in [5.74, 6) is -1.50. The molecule has 0 rings (SSSR count). The van der Waals surface area contributed by atoms with Crippen molar-refractivity contribution in [1.82, 2.24) is 5.32 Å². The summed E-state index contributed by atoms with van der Waals surface area (Å²) in [6.45, 7) is 0. The minimum absolute atomic E-state index is 0.160. The monoisotopic (exact) mass is 255 g/mol. The van der Waals surface area contributed by atoms with E-state index in [0.717, 1.165) is 6.08 Å². The van der Waals surface area contributed by atoms with Crippen molar-refractivity contribution >= 4 is 34.5 Å². The zero-order valence-electron chi connectivity index (χ0n) is 5.22. The normalized spacial score (nSPS) is 10.8. The maximum absolute atomic E-state index is 10.6. The number of hydrogen-bond acceptors (Lipinski definition) is 2. The molecule has 0 spiro atoms. The number of likely N-dealkylation sites (N-methyl/N-ethyl adjacent to an activating group) is 1. The number of carboxylic acid groups (broad SMARTS) is 1. The quantitative estimate of drug-likeness (QED) is 0.544. The SMILES string of the molecule is CNC(=O)C(I)=CC(=O)O. The molecule has 0 atom stereocenters. The van der Waals surface area contributed by atoms with Gasteiger partial charge < -0.3 is 10.4 Å². The lowest BCUT2D eigenvalue weighted by Crippen LogP contribution is -2.17. The standard InChI is InChI=1S/C5H6INO3/c1-7-5(10)3(6)2-4(8)9/h2H,1H3,(H,7,10)(H,8,9).